The number of aryl methyl sites for hydroxylation is 1. The lowest BCUT2D eigenvalue weighted by molar-refractivity contribution is -0.116. The van der Waals surface area contributed by atoms with Crippen molar-refractivity contribution >= 4 is 11.6 Å². The fourth-order valence-corrected chi connectivity index (χ4v) is 3.02. The van der Waals surface area contributed by atoms with Gasteiger partial charge >= 0.3 is 0 Å². The fraction of sp³-hybridized carbons (Fsp3) is 0.611. The highest BCUT2D eigenvalue weighted by molar-refractivity contribution is 5.90. The van der Waals surface area contributed by atoms with Crippen LogP contribution < -0.4 is 10.1 Å². The molecule has 1 aliphatic rings. The second kappa shape index (κ2) is 8.18. The molecule has 0 saturated carbocycles. The maximum atomic E-state index is 12.1. The Morgan fingerprint density at radius 3 is 2.73 bits per heavy atom. The van der Waals surface area contributed by atoms with Gasteiger partial charge in [0.05, 0.1) is 7.11 Å². The first kappa shape index (κ1) is 16.8. The lowest BCUT2D eigenvalue weighted by atomic mass is 9.92. The predicted molar refractivity (Wildman–Crippen MR) is 90.5 cm³/mol. The molecule has 0 spiro atoms. The predicted octanol–water partition coefficient (Wildman–Crippen LogP) is 3.32. The number of piperidine rings is 1. The first-order valence-corrected chi connectivity index (χ1v) is 8.27. The van der Waals surface area contributed by atoms with Crippen LogP contribution >= 0.6 is 0 Å². The van der Waals surface area contributed by atoms with E-state index >= 15 is 0 Å². The molecule has 1 aromatic rings. The van der Waals surface area contributed by atoms with E-state index in [2.05, 4.69) is 24.2 Å². The number of nitrogens with one attached hydrogen (secondary N) is 1. The number of ether oxygens (including phenoxy) is 1. The van der Waals surface area contributed by atoms with Gasteiger partial charge in [-0.1, -0.05) is 13.0 Å². The molecule has 0 aromatic heterocycles. The van der Waals surface area contributed by atoms with Gasteiger partial charge in [-0.05, 0) is 63.4 Å². The zero-order valence-electron chi connectivity index (χ0n) is 14.0. The third-order valence-corrected chi connectivity index (χ3v) is 4.57. The Balaban J connectivity index is 1.81. The normalized spacial score (nSPS) is 16.5. The Bertz CT molecular complexity index is 494. The first-order valence-electron chi connectivity index (χ1n) is 8.27. The highest BCUT2D eigenvalue weighted by Gasteiger charge is 2.17. The van der Waals surface area contributed by atoms with Gasteiger partial charge in [0.15, 0.2) is 0 Å². The third kappa shape index (κ3) is 4.73. The highest BCUT2D eigenvalue weighted by atomic mass is 16.5. The number of anilines is 1. The van der Waals surface area contributed by atoms with E-state index in [1.807, 2.05) is 18.2 Å². The SMILES string of the molecule is CCc1ccc(NC(=O)CCC2CCN(C)CC2)cc1OC. The van der Waals surface area contributed by atoms with E-state index in [4.69, 9.17) is 4.74 Å². The Labute approximate surface area is 133 Å². The second-order valence-electron chi connectivity index (χ2n) is 6.21. The van der Waals surface area contributed by atoms with Crippen molar-refractivity contribution in [2.24, 2.45) is 5.92 Å². The molecule has 1 amide bonds. The van der Waals surface area contributed by atoms with Crippen molar-refractivity contribution in [3.05, 3.63) is 23.8 Å². The Hall–Kier alpha value is -1.55. The maximum absolute atomic E-state index is 12.1. The molecule has 1 heterocycles. The summed E-state index contributed by atoms with van der Waals surface area (Å²) in [5, 5.41) is 2.99. The van der Waals surface area contributed by atoms with Gasteiger partial charge in [0.25, 0.3) is 0 Å². The van der Waals surface area contributed by atoms with Crippen molar-refractivity contribution < 1.29 is 9.53 Å². The van der Waals surface area contributed by atoms with Crippen LogP contribution in [-0.2, 0) is 11.2 Å². The Morgan fingerprint density at radius 2 is 2.09 bits per heavy atom. The van der Waals surface area contributed by atoms with Crippen molar-refractivity contribution in [3.63, 3.8) is 0 Å². The van der Waals surface area contributed by atoms with Crippen LogP contribution in [0.4, 0.5) is 5.69 Å². The summed E-state index contributed by atoms with van der Waals surface area (Å²) < 4.78 is 5.37. The molecule has 1 fully saturated rings. The van der Waals surface area contributed by atoms with Gasteiger partial charge in [-0.3, -0.25) is 4.79 Å². The molecule has 1 aromatic carbocycles. The standard InChI is InChI=1S/C18H28N2O2/c1-4-15-6-7-16(13-17(15)22-3)19-18(21)8-5-14-9-11-20(2)12-10-14/h6-7,13-14H,4-5,8-12H2,1-3H3,(H,19,21). The van der Waals surface area contributed by atoms with Crippen LogP contribution in [0.25, 0.3) is 0 Å². The van der Waals surface area contributed by atoms with Crippen LogP contribution in [0.1, 0.15) is 38.2 Å². The largest absolute Gasteiger partial charge is 0.496 e. The molecule has 0 bridgehead atoms. The third-order valence-electron chi connectivity index (χ3n) is 4.57. The molecule has 1 saturated heterocycles. The van der Waals surface area contributed by atoms with Crippen molar-refractivity contribution in [1.29, 1.82) is 0 Å². The summed E-state index contributed by atoms with van der Waals surface area (Å²) in [5.41, 5.74) is 1.98. The van der Waals surface area contributed by atoms with Crippen molar-refractivity contribution in [2.45, 2.75) is 39.0 Å². The lowest BCUT2D eigenvalue weighted by Gasteiger charge is -2.28. The number of rotatable bonds is 6. The number of benzene rings is 1. The summed E-state index contributed by atoms with van der Waals surface area (Å²) in [6.07, 6.45) is 4.94. The van der Waals surface area contributed by atoms with E-state index in [9.17, 15) is 4.79 Å². The number of hydrogen-bond donors (Lipinski definition) is 1. The zero-order valence-corrected chi connectivity index (χ0v) is 14.0. The molecule has 4 nitrogen and oxygen atoms in total. The van der Waals surface area contributed by atoms with Crippen LogP contribution in [0.15, 0.2) is 18.2 Å². The van der Waals surface area contributed by atoms with Gasteiger partial charge in [-0.2, -0.15) is 0 Å². The average Bonchev–Trinajstić information content (AvgIpc) is 2.54. The average molecular weight is 304 g/mol. The minimum atomic E-state index is 0.102. The van der Waals surface area contributed by atoms with E-state index in [1.165, 1.54) is 12.8 Å². The highest BCUT2D eigenvalue weighted by Crippen LogP contribution is 2.24. The van der Waals surface area contributed by atoms with Crippen molar-refractivity contribution in [2.75, 3.05) is 32.6 Å². The molecule has 0 unspecified atom stereocenters. The summed E-state index contributed by atoms with van der Waals surface area (Å²) in [4.78, 5) is 14.5. The number of carbonyl (C=O) groups is 1. The minimum Gasteiger partial charge on any atom is -0.496 e. The molecule has 4 heteroatoms. The van der Waals surface area contributed by atoms with E-state index in [0.717, 1.165) is 42.9 Å². The monoisotopic (exact) mass is 304 g/mol. The fourth-order valence-electron chi connectivity index (χ4n) is 3.02. The Morgan fingerprint density at radius 1 is 1.36 bits per heavy atom. The first-order chi connectivity index (χ1) is 10.6. The maximum Gasteiger partial charge on any atom is 0.224 e. The summed E-state index contributed by atoms with van der Waals surface area (Å²) in [6.45, 7) is 4.40. The number of methoxy groups -OCH3 is 1. The summed E-state index contributed by atoms with van der Waals surface area (Å²) >= 11 is 0. The molecular weight excluding hydrogens is 276 g/mol. The van der Waals surface area contributed by atoms with Gasteiger partial charge in [-0.25, -0.2) is 0 Å². The summed E-state index contributed by atoms with van der Waals surface area (Å²) in [7, 11) is 3.83. The molecule has 22 heavy (non-hydrogen) atoms. The van der Waals surface area contributed by atoms with E-state index in [1.54, 1.807) is 7.11 Å². The molecular formula is C18H28N2O2. The summed E-state index contributed by atoms with van der Waals surface area (Å²) in [6, 6.07) is 5.88. The molecule has 1 aliphatic heterocycles. The van der Waals surface area contributed by atoms with Gasteiger partial charge in [-0.15, -0.1) is 0 Å². The molecule has 0 atom stereocenters. The van der Waals surface area contributed by atoms with Gasteiger partial charge in [0, 0.05) is 18.2 Å². The molecule has 0 aliphatic carbocycles. The number of likely N-dealkylation sites (tertiary alicyclic amines) is 1. The van der Waals surface area contributed by atoms with E-state index in [0.29, 0.717) is 12.3 Å². The quantitative estimate of drug-likeness (QED) is 0.876. The molecule has 122 valence electrons. The van der Waals surface area contributed by atoms with Crippen LogP contribution in [-0.4, -0.2) is 38.1 Å². The molecule has 1 N–H and O–H groups in total. The van der Waals surface area contributed by atoms with E-state index < -0.39 is 0 Å². The zero-order chi connectivity index (χ0) is 15.9. The van der Waals surface area contributed by atoms with Crippen LogP contribution in [0.5, 0.6) is 5.75 Å². The van der Waals surface area contributed by atoms with Crippen LogP contribution in [0.3, 0.4) is 0 Å². The number of carbonyl (C=O) groups excluding carboxylic acids is 1. The smallest absolute Gasteiger partial charge is 0.224 e. The topological polar surface area (TPSA) is 41.6 Å². The van der Waals surface area contributed by atoms with Gasteiger partial charge in [0.1, 0.15) is 5.75 Å². The van der Waals surface area contributed by atoms with Gasteiger partial charge in [0.2, 0.25) is 5.91 Å². The van der Waals surface area contributed by atoms with Crippen molar-refractivity contribution in [3.8, 4) is 5.75 Å². The van der Waals surface area contributed by atoms with Gasteiger partial charge < -0.3 is 15.0 Å². The number of nitrogens with zero attached hydrogens (tertiary/aromatic N) is 1. The minimum absolute atomic E-state index is 0.102. The number of amides is 1. The molecule has 2 rings (SSSR count). The van der Waals surface area contributed by atoms with Crippen LogP contribution in [0, 0.1) is 5.92 Å². The van der Waals surface area contributed by atoms with E-state index in [-0.39, 0.29) is 5.91 Å². The molecule has 0 radical (unpaired) electrons. The second-order valence-corrected chi connectivity index (χ2v) is 6.21. The lowest BCUT2D eigenvalue weighted by Crippen LogP contribution is -2.30. The summed E-state index contributed by atoms with van der Waals surface area (Å²) in [5.74, 6) is 1.64. The van der Waals surface area contributed by atoms with Crippen molar-refractivity contribution in [1.82, 2.24) is 4.90 Å². The van der Waals surface area contributed by atoms with Crippen LogP contribution in [0.2, 0.25) is 0 Å². The Kier molecular flexibility index (Phi) is 6.25. The number of hydrogen-bond acceptors (Lipinski definition) is 3.